The van der Waals surface area contributed by atoms with Crippen LogP contribution in [0.2, 0.25) is 10.0 Å². The fraction of sp³-hybridized carbons (Fsp3) is 0.0556. The highest BCUT2D eigenvalue weighted by molar-refractivity contribution is 8.00. The molecule has 3 aromatic rings. The molecule has 10 heteroatoms. The summed E-state index contributed by atoms with van der Waals surface area (Å²) in [6, 6.07) is 14.9. The Morgan fingerprint density at radius 2 is 1.82 bits per heavy atom. The standard InChI is InChI=1S/C18H14Cl2N2O3S3/c19-12-3-8-16(15(20)10-12)21-17(23)11-27-14-6-4-13(5-7-14)22-28(24,25)18-2-1-9-26-18/h1-10,22H,11H2,(H,21,23). The van der Waals surface area contributed by atoms with Crippen LogP contribution in [0.25, 0.3) is 0 Å². The third-order valence-corrected chi connectivity index (χ3v) is 7.78. The molecule has 0 atom stereocenters. The lowest BCUT2D eigenvalue weighted by molar-refractivity contribution is -0.113. The molecule has 2 N–H and O–H groups in total. The van der Waals surface area contributed by atoms with Gasteiger partial charge in [0.15, 0.2) is 0 Å². The summed E-state index contributed by atoms with van der Waals surface area (Å²) in [5.41, 5.74) is 0.949. The van der Waals surface area contributed by atoms with Gasteiger partial charge >= 0.3 is 0 Å². The molecular formula is C18H14Cl2N2O3S3. The van der Waals surface area contributed by atoms with Crippen molar-refractivity contribution < 1.29 is 13.2 Å². The lowest BCUT2D eigenvalue weighted by Gasteiger charge is -2.09. The average molecular weight is 473 g/mol. The molecule has 0 saturated carbocycles. The van der Waals surface area contributed by atoms with E-state index in [1.54, 1.807) is 60.0 Å². The molecule has 0 spiro atoms. The monoisotopic (exact) mass is 472 g/mol. The molecule has 0 fully saturated rings. The topological polar surface area (TPSA) is 75.3 Å². The summed E-state index contributed by atoms with van der Waals surface area (Å²) in [6.45, 7) is 0. The highest BCUT2D eigenvalue weighted by Crippen LogP contribution is 2.27. The molecule has 0 radical (unpaired) electrons. The Hall–Kier alpha value is -1.71. The zero-order valence-electron chi connectivity index (χ0n) is 14.2. The van der Waals surface area contributed by atoms with E-state index in [4.69, 9.17) is 23.2 Å². The van der Waals surface area contributed by atoms with Gasteiger partial charge in [-0.25, -0.2) is 8.42 Å². The van der Waals surface area contributed by atoms with Crippen molar-refractivity contribution in [2.45, 2.75) is 9.10 Å². The van der Waals surface area contributed by atoms with Gasteiger partial charge in [0.1, 0.15) is 4.21 Å². The van der Waals surface area contributed by atoms with Crippen LogP contribution in [0.3, 0.4) is 0 Å². The number of hydrogen-bond acceptors (Lipinski definition) is 5. The highest BCUT2D eigenvalue weighted by atomic mass is 35.5. The first-order chi connectivity index (χ1) is 13.3. The van der Waals surface area contributed by atoms with Gasteiger partial charge in [-0.1, -0.05) is 29.3 Å². The Morgan fingerprint density at radius 3 is 2.46 bits per heavy atom. The van der Waals surface area contributed by atoms with Gasteiger partial charge in [-0.3, -0.25) is 9.52 Å². The summed E-state index contributed by atoms with van der Waals surface area (Å²) in [7, 11) is -3.57. The van der Waals surface area contributed by atoms with Crippen LogP contribution < -0.4 is 10.0 Å². The molecule has 146 valence electrons. The summed E-state index contributed by atoms with van der Waals surface area (Å²) in [4.78, 5) is 12.9. The second kappa shape index (κ2) is 9.19. The van der Waals surface area contributed by atoms with Crippen molar-refractivity contribution in [1.82, 2.24) is 0 Å². The zero-order chi connectivity index (χ0) is 20.1. The predicted octanol–water partition coefficient (Wildman–Crippen LogP) is 5.59. The van der Waals surface area contributed by atoms with Gasteiger partial charge in [0.05, 0.1) is 16.5 Å². The minimum Gasteiger partial charge on any atom is -0.324 e. The maximum absolute atomic E-state index is 12.2. The number of thiophene rings is 1. The smallest absolute Gasteiger partial charge is 0.271 e. The molecule has 0 saturated heterocycles. The van der Waals surface area contributed by atoms with E-state index in [2.05, 4.69) is 10.0 Å². The number of thioether (sulfide) groups is 1. The van der Waals surface area contributed by atoms with Crippen molar-refractivity contribution in [3.05, 3.63) is 70.0 Å². The number of benzene rings is 2. The lowest BCUT2D eigenvalue weighted by atomic mass is 10.3. The Morgan fingerprint density at radius 1 is 1.07 bits per heavy atom. The highest BCUT2D eigenvalue weighted by Gasteiger charge is 2.15. The van der Waals surface area contributed by atoms with E-state index in [0.717, 1.165) is 16.2 Å². The summed E-state index contributed by atoms with van der Waals surface area (Å²) in [6.07, 6.45) is 0. The summed E-state index contributed by atoms with van der Waals surface area (Å²) in [5.74, 6) is -0.0316. The molecule has 0 bridgehead atoms. The predicted molar refractivity (Wildman–Crippen MR) is 117 cm³/mol. The van der Waals surface area contributed by atoms with Crippen molar-refractivity contribution in [2.75, 3.05) is 15.8 Å². The van der Waals surface area contributed by atoms with E-state index in [9.17, 15) is 13.2 Å². The third kappa shape index (κ3) is 5.65. The summed E-state index contributed by atoms with van der Waals surface area (Å²) in [5, 5.41) is 5.29. The Bertz CT molecular complexity index is 1070. The van der Waals surface area contributed by atoms with E-state index in [1.165, 1.54) is 11.8 Å². The maximum Gasteiger partial charge on any atom is 0.271 e. The van der Waals surface area contributed by atoms with Crippen LogP contribution in [0.1, 0.15) is 0 Å². The van der Waals surface area contributed by atoms with Crippen LogP contribution in [0.4, 0.5) is 11.4 Å². The average Bonchev–Trinajstić information content (AvgIpc) is 3.19. The van der Waals surface area contributed by atoms with Crippen LogP contribution in [0.15, 0.2) is 69.1 Å². The molecule has 28 heavy (non-hydrogen) atoms. The van der Waals surface area contributed by atoms with Gasteiger partial charge in [0, 0.05) is 15.6 Å². The number of hydrogen-bond donors (Lipinski definition) is 2. The minimum absolute atomic E-state index is 0.180. The first-order valence-electron chi connectivity index (χ1n) is 7.87. The number of halogens is 2. The van der Waals surface area contributed by atoms with E-state index in [0.29, 0.717) is 21.4 Å². The quantitative estimate of drug-likeness (QED) is 0.439. The fourth-order valence-corrected chi connectivity index (χ4v) is 5.37. The van der Waals surface area contributed by atoms with Crippen molar-refractivity contribution in [3.8, 4) is 0 Å². The van der Waals surface area contributed by atoms with E-state index >= 15 is 0 Å². The van der Waals surface area contributed by atoms with Crippen molar-refractivity contribution in [1.29, 1.82) is 0 Å². The van der Waals surface area contributed by atoms with Crippen molar-refractivity contribution >= 4 is 73.6 Å². The lowest BCUT2D eigenvalue weighted by Crippen LogP contribution is -2.14. The molecule has 0 aliphatic carbocycles. The van der Waals surface area contributed by atoms with E-state index in [-0.39, 0.29) is 15.9 Å². The number of sulfonamides is 1. The van der Waals surface area contributed by atoms with E-state index in [1.807, 2.05) is 0 Å². The first kappa shape index (κ1) is 21.0. The molecule has 1 heterocycles. The van der Waals surface area contributed by atoms with Crippen molar-refractivity contribution in [2.24, 2.45) is 0 Å². The number of nitrogens with one attached hydrogen (secondary N) is 2. The van der Waals surface area contributed by atoms with Gasteiger partial charge in [-0.15, -0.1) is 23.1 Å². The van der Waals surface area contributed by atoms with Gasteiger partial charge in [-0.2, -0.15) is 0 Å². The first-order valence-corrected chi connectivity index (χ1v) is 12.0. The molecule has 5 nitrogen and oxygen atoms in total. The van der Waals surface area contributed by atoms with Crippen LogP contribution in [0.5, 0.6) is 0 Å². The van der Waals surface area contributed by atoms with E-state index < -0.39 is 10.0 Å². The Balaban J connectivity index is 1.55. The third-order valence-electron chi connectivity index (χ3n) is 3.44. The van der Waals surface area contributed by atoms with Gasteiger partial charge in [0.2, 0.25) is 5.91 Å². The molecule has 2 aromatic carbocycles. The van der Waals surface area contributed by atoms with Crippen LogP contribution in [0, 0.1) is 0 Å². The zero-order valence-corrected chi connectivity index (χ0v) is 18.1. The van der Waals surface area contributed by atoms with Gasteiger partial charge < -0.3 is 5.32 Å². The molecule has 0 aliphatic heterocycles. The Kier molecular flexibility index (Phi) is 6.90. The molecular weight excluding hydrogens is 459 g/mol. The molecule has 1 aromatic heterocycles. The summed E-state index contributed by atoms with van der Waals surface area (Å²) < 4.78 is 27.2. The minimum atomic E-state index is -3.57. The van der Waals surface area contributed by atoms with Crippen LogP contribution in [-0.4, -0.2) is 20.1 Å². The van der Waals surface area contributed by atoms with Crippen LogP contribution in [-0.2, 0) is 14.8 Å². The Labute approximate surface area is 181 Å². The number of carbonyl (C=O) groups excluding carboxylic acids is 1. The molecule has 3 rings (SSSR count). The second-order valence-electron chi connectivity index (χ2n) is 5.52. The SMILES string of the molecule is O=C(CSc1ccc(NS(=O)(=O)c2cccs2)cc1)Nc1ccc(Cl)cc1Cl. The molecule has 1 amide bonds. The van der Waals surface area contributed by atoms with Gasteiger partial charge in [0.25, 0.3) is 10.0 Å². The van der Waals surface area contributed by atoms with Gasteiger partial charge in [-0.05, 0) is 53.9 Å². The fourth-order valence-electron chi connectivity index (χ4n) is 2.17. The van der Waals surface area contributed by atoms with Crippen LogP contribution >= 0.6 is 46.3 Å². The van der Waals surface area contributed by atoms with Crippen molar-refractivity contribution in [3.63, 3.8) is 0 Å². The summed E-state index contributed by atoms with van der Waals surface area (Å²) >= 11 is 14.3. The normalized spacial score (nSPS) is 11.2. The number of carbonyl (C=O) groups is 1. The second-order valence-corrected chi connectivity index (χ2v) is 10.3. The number of rotatable bonds is 7. The molecule has 0 unspecified atom stereocenters. The largest absolute Gasteiger partial charge is 0.324 e. The number of amides is 1. The maximum atomic E-state index is 12.2. The molecule has 0 aliphatic rings. The number of anilines is 2.